The molecule has 3 heterocycles. The van der Waals surface area contributed by atoms with Gasteiger partial charge in [0.05, 0.1) is 24.3 Å². The van der Waals surface area contributed by atoms with Crippen LogP contribution in [0.3, 0.4) is 0 Å². The molecule has 1 unspecified atom stereocenters. The number of halogens is 2. The summed E-state index contributed by atoms with van der Waals surface area (Å²) in [5.41, 5.74) is 1.32. The molecule has 1 N–H and O–H groups in total. The van der Waals surface area contributed by atoms with Gasteiger partial charge < -0.3 is 23.8 Å². The number of carboxylic acid groups (broad SMARTS) is 1. The van der Waals surface area contributed by atoms with Gasteiger partial charge in [0.1, 0.15) is 29.9 Å². The van der Waals surface area contributed by atoms with Gasteiger partial charge in [0.2, 0.25) is 0 Å². The van der Waals surface area contributed by atoms with Gasteiger partial charge in [-0.1, -0.05) is 0 Å². The fraction of sp³-hybridized carbons (Fsp3) is 0.211. The van der Waals surface area contributed by atoms with Crippen LogP contribution in [0.1, 0.15) is 33.6 Å². The zero-order valence-corrected chi connectivity index (χ0v) is 13.7. The Kier molecular flexibility index (Phi) is 4.08. The van der Waals surface area contributed by atoms with E-state index in [0.29, 0.717) is 24.4 Å². The Hall–Kier alpha value is -2.93. The summed E-state index contributed by atoms with van der Waals surface area (Å²) in [6, 6.07) is 10.0. The molecule has 0 saturated carbocycles. The number of carbonyl (C=O) groups excluding carboxylic acids is 1. The molecule has 134 valence electrons. The molecule has 1 aliphatic rings. The van der Waals surface area contributed by atoms with Gasteiger partial charge in [0, 0.05) is 12.3 Å². The van der Waals surface area contributed by atoms with Gasteiger partial charge in [-0.25, -0.2) is 8.78 Å². The lowest BCUT2D eigenvalue weighted by atomic mass is 9.99. The van der Waals surface area contributed by atoms with Crippen molar-refractivity contribution in [1.29, 1.82) is 0 Å². The lowest BCUT2D eigenvalue weighted by Gasteiger charge is -2.34. The average molecular weight is 358 g/mol. The van der Waals surface area contributed by atoms with Crippen molar-refractivity contribution in [3.63, 3.8) is 0 Å². The maximum atomic E-state index is 14.5. The number of carbonyl (C=O) groups is 1. The third-order valence-electron chi connectivity index (χ3n) is 4.78. The molecule has 0 fully saturated rings. The molecule has 2 aromatic heterocycles. The monoisotopic (exact) mass is 358 g/mol. The highest BCUT2D eigenvalue weighted by atomic mass is 19.1. The number of nitrogens with one attached hydrogen (secondary N) is 1. The van der Waals surface area contributed by atoms with Crippen LogP contribution in [0.5, 0.6) is 0 Å². The number of hydrogen-bond donors (Lipinski definition) is 1. The van der Waals surface area contributed by atoms with Crippen LogP contribution in [0, 0.1) is 11.6 Å². The van der Waals surface area contributed by atoms with Crippen LogP contribution in [-0.4, -0.2) is 17.1 Å². The van der Waals surface area contributed by atoms with Crippen LogP contribution in [-0.2, 0) is 13.1 Å². The number of furan rings is 1. The quantitative estimate of drug-likeness (QED) is 0.754. The second-order valence-electron chi connectivity index (χ2n) is 6.36. The van der Waals surface area contributed by atoms with E-state index in [2.05, 4.69) is 0 Å². The molecule has 0 radical (unpaired) electrons. The van der Waals surface area contributed by atoms with Crippen molar-refractivity contribution in [3.05, 3.63) is 83.1 Å². The topological polar surface area (TPSA) is 62.6 Å². The summed E-state index contributed by atoms with van der Waals surface area (Å²) in [5.74, 6) is -2.35. The standard InChI is InChI=1S/C19H16F2N2O3/c20-12-3-5-14(15(21)10-12)18-16-2-1-7-22(16)8-9-23(18)11-13-4-6-17(26-13)19(24)25/h1-7,10,18H,8-9,11H2,(H,24,25)/t18-/m1/s1. The zero-order valence-electron chi connectivity index (χ0n) is 13.7. The predicted octanol–water partition coefficient (Wildman–Crippen LogP) is 0.911. The van der Waals surface area contributed by atoms with Crippen molar-refractivity contribution < 1.29 is 28.0 Å². The molecule has 0 saturated heterocycles. The third kappa shape index (κ3) is 2.90. The number of rotatable bonds is 4. The van der Waals surface area contributed by atoms with Crippen molar-refractivity contribution in [3.8, 4) is 0 Å². The minimum absolute atomic E-state index is 0.232. The summed E-state index contributed by atoms with van der Waals surface area (Å²) in [4.78, 5) is 11.9. The molecule has 0 amide bonds. The Bertz CT molecular complexity index is 963. The molecule has 1 aliphatic heterocycles. The van der Waals surface area contributed by atoms with E-state index in [9.17, 15) is 18.7 Å². The van der Waals surface area contributed by atoms with E-state index < -0.39 is 17.6 Å². The van der Waals surface area contributed by atoms with Crippen molar-refractivity contribution in [2.75, 3.05) is 6.54 Å². The van der Waals surface area contributed by atoms with Gasteiger partial charge in [0.15, 0.2) is 11.8 Å². The second kappa shape index (κ2) is 6.42. The number of aromatic carboxylic acids is 1. The minimum atomic E-state index is -1.38. The molecule has 3 aromatic rings. The summed E-state index contributed by atoms with van der Waals surface area (Å²) in [5, 5.41) is 10.9. The summed E-state index contributed by atoms with van der Waals surface area (Å²) in [7, 11) is 0. The minimum Gasteiger partial charge on any atom is -0.542 e. The van der Waals surface area contributed by atoms with E-state index in [1.807, 2.05) is 22.9 Å². The molecule has 4 rings (SSSR count). The molecule has 0 spiro atoms. The van der Waals surface area contributed by atoms with Gasteiger partial charge in [-0.3, -0.25) is 0 Å². The van der Waals surface area contributed by atoms with Crippen molar-refractivity contribution in [2.45, 2.75) is 19.1 Å². The Balaban J connectivity index is 1.71. The van der Waals surface area contributed by atoms with Gasteiger partial charge in [0.25, 0.3) is 0 Å². The van der Waals surface area contributed by atoms with Crippen molar-refractivity contribution in [1.82, 2.24) is 4.57 Å². The van der Waals surface area contributed by atoms with E-state index in [4.69, 9.17) is 4.42 Å². The Morgan fingerprint density at radius 1 is 1.27 bits per heavy atom. The van der Waals surface area contributed by atoms with Gasteiger partial charge >= 0.3 is 0 Å². The first kappa shape index (κ1) is 16.5. The first-order valence-corrected chi connectivity index (χ1v) is 8.27. The molecular formula is C19H16F2N2O3. The summed E-state index contributed by atoms with van der Waals surface area (Å²) in [6.45, 7) is 1.80. The van der Waals surface area contributed by atoms with E-state index in [0.717, 1.165) is 23.2 Å². The number of hydrogen-bond acceptors (Lipinski definition) is 3. The average Bonchev–Trinajstić information content (AvgIpc) is 3.25. The van der Waals surface area contributed by atoms with Crippen LogP contribution < -0.4 is 10.0 Å². The fourth-order valence-electron chi connectivity index (χ4n) is 3.62. The first-order chi connectivity index (χ1) is 12.5. The number of aromatic nitrogens is 1. The van der Waals surface area contributed by atoms with Crippen molar-refractivity contribution in [2.24, 2.45) is 0 Å². The fourth-order valence-corrected chi connectivity index (χ4v) is 3.62. The van der Waals surface area contributed by atoms with Gasteiger partial charge in [-0.2, -0.15) is 0 Å². The number of benzene rings is 1. The second-order valence-corrected chi connectivity index (χ2v) is 6.36. The van der Waals surface area contributed by atoms with Gasteiger partial charge in [-0.15, -0.1) is 0 Å². The lowest BCUT2D eigenvalue weighted by Crippen LogP contribution is -3.12. The number of nitrogens with zero attached hydrogens (tertiary/aromatic N) is 1. The number of carboxylic acids is 1. The molecule has 0 aliphatic carbocycles. The van der Waals surface area contributed by atoms with Crippen LogP contribution >= 0.6 is 0 Å². The Morgan fingerprint density at radius 3 is 2.85 bits per heavy atom. The highest BCUT2D eigenvalue weighted by molar-refractivity contribution is 5.82. The SMILES string of the molecule is O=C([O-])c1ccc(C[NH+]2CCn3cccc3[C@H]2c2ccc(F)cc2F)o1. The van der Waals surface area contributed by atoms with Gasteiger partial charge in [-0.05, 0) is 36.4 Å². The lowest BCUT2D eigenvalue weighted by molar-refractivity contribution is -0.944. The smallest absolute Gasteiger partial charge is 0.159 e. The first-order valence-electron chi connectivity index (χ1n) is 8.27. The molecule has 26 heavy (non-hydrogen) atoms. The summed E-state index contributed by atoms with van der Waals surface area (Å²) >= 11 is 0. The van der Waals surface area contributed by atoms with E-state index >= 15 is 0 Å². The Morgan fingerprint density at radius 2 is 2.12 bits per heavy atom. The van der Waals surface area contributed by atoms with Crippen molar-refractivity contribution >= 4 is 5.97 Å². The molecular weight excluding hydrogens is 342 g/mol. The summed E-state index contributed by atoms with van der Waals surface area (Å²) in [6.07, 6.45) is 1.93. The normalized spacial score (nSPS) is 19.3. The number of fused-ring (bicyclic) bond motifs is 1. The Labute approximate surface area is 148 Å². The van der Waals surface area contributed by atoms with Crippen LogP contribution in [0.2, 0.25) is 0 Å². The molecule has 5 nitrogen and oxygen atoms in total. The van der Waals surface area contributed by atoms with E-state index in [1.165, 1.54) is 18.2 Å². The van der Waals surface area contributed by atoms with E-state index in [-0.39, 0.29) is 11.8 Å². The molecule has 7 heteroatoms. The maximum absolute atomic E-state index is 14.5. The molecule has 1 aromatic carbocycles. The zero-order chi connectivity index (χ0) is 18.3. The summed E-state index contributed by atoms with van der Waals surface area (Å²) < 4.78 is 35.2. The molecule has 0 bridgehead atoms. The number of quaternary nitrogens is 1. The van der Waals surface area contributed by atoms with Crippen LogP contribution in [0.4, 0.5) is 8.78 Å². The van der Waals surface area contributed by atoms with Crippen LogP contribution in [0.25, 0.3) is 0 Å². The highest BCUT2D eigenvalue weighted by Gasteiger charge is 2.35. The largest absolute Gasteiger partial charge is 0.542 e. The maximum Gasteiger partial charge on any atom is 0.159 e. The highest BCUT2D eigenvalue weighted by Crippen LogP contribution is 2.25. The third-order valence-corrected chi connectivity index (χ3v) is 4.78. The predicted molar refractivity (Wildman–Crippen MR) is 85.2 cm³/mol. The van der Waals surface area contributed by atoms with Crippen LogP contribution in [0.15, 0.2) is 53.1 Å². The van der Waals surface area contributed by atoms with E-state index in [1.54, 1.807) is 6.07 Å². The molecule has 2 atom stereocenters.